The highest BCUT2D eigenvalue weighted by Crippen LogP contribution is 2.23. The van der Waals surface area contributed by atoms with E-state index in [0.29, 0.717) is 5.75 Å². The Bertz CT molecular complexity index is 676. The molecule has 3 aromatic rings. The highest BCUT2D eigenvalue weighted by Gasteiger charge is 2.12. The Kier molecular flexibility index (Phi) is 3.12. The van der Waals surface area contributed by atoms with Crippen LogP contribution in [-0.2, 0) is 0 Å². The lowest BCUT2D eigenvalue weighted by Crippen LogP contribution is -2.01. The molecule has 0 amide bonds. The standard InChI is InChI=1S/C12H9N3OS2/c16-11(6-17-12-15-14-7-18-12)9-5-13-10-4-2-1-3-8(9)10/h1-5,7,13H,6H2. The smallest absolute Gasteiger partial charge is 0.175 e. The van der Waals surface area contributed by atoms with Gasteiger partial charge in [0.1, 0.15) is 5.51 Å². The molecule has 0 saturated carbocycles. The van der Waals surface area contributed by atoms with Crippen molar-refractivity contribution in [1.82, 2.24) is 15.2 Å². The first-order chi connectivity index (χ1) is 8.84. The predicted octanol–water partition coefficient (Wildman–Crippen LogP) is 2.99. The van der Waals surface area contributed by atoms with Crippen LogP contribution < -0.4 is 0 Å². The number of para-hydroxylation sites is 1. The molecule has 0 spiro atoms. The number of fused-ring (bicyclic) bond motifs is 1. The molecular weight excluding hydrogens is 266 g/mol. The van der Waals surface area contributed by atoms with Gasteiger partial charge in [-0.2, -0.15) is 0 Å². The zero-order valence-electron chi connectivity index (χ0n) is 9.29. The molecule has 0 fully saturated rings. The second-order valence-corrected chi connectivity index (χ2v) is 5.72. The third-order valence-corrected chi connectivity index (χ3v) is 4.42. The number of benzene rings is 1. The van der Waals surface area contributed by atoms with E-state index < -0.39 is 0 Å². The number of rotatable bonds is 4. The summed E-state index contributed by atoms with van der Waals surface area (Å²) in [5.74, 6) is 0.490. The number of carbonyl (C=O) groups is 1. The highest BCUT2D eigenvalue weighted by molar-refractivity contribution is 8.01. The number of Topliss-reactive ketones (excluding diaryl/α,β-unsaturated/α-hetero) is 1. The minimum Gasteiger partial charge on any atom is -0.360 e. The van der Waals surface area contributed by atoms with Gasteiger partial charge in [0, 0.05) is 22.7 Å². The normalized spacial score (nSPS) is 10.9. The highest BCUT2D eigenvalue weighted by atomic mass is 32.2. The maximum Gasteiger partial charge on any atom is 0.175 e. The maximum absolute atomic E-state index is 12.1. The molecule has 0 atom stereocenters. The Morgan fingerprint density at radius 2 is 2.28 bits per heavy atom. The summed E-state index contributed by atoms with van der Waals surface area (Å²) in [5, 5.41) is 8.62. The fourth-order valence-corrected chi connectivity index (χ4v) is 3.10. The molecule has 0 saturated heterocycles. The number of hydrogen-bond donors (Lipinski definition) is 1. The molecular formula is C12H9N3OS2. The number of thioether (sulfide) groups is 1. The molecule has 0 aliphatic carbocycles. The molecule has 0 unspecified atom stereocenters. The minimum atomic E-state index is 0.104. The van der Waals surface area contributed by atoms with Gasteiger partial charge in [-0.15, -0.1) is 10.2 Å². The molecule has 2 heterocycles. The predicted molar refractivity (Wildman–Crippen MR) is 73.3 cm³/mol. The van der Waals surface area contributed by atoms with Crippen molar-refractivity contribution >= 4 is 39.8 Å². The molecule has 90 valence electrons. The van der Waals surface area contributed by atoms with E-state index in [4.69, 9.17) is 0 Å². The van der Waals surface area contributed by atoms with Crippen LogP contribution in [-0.4, -0.2) is 26.7 Å². The Morgan fingerprint density at radius 3 is 3.11 bits per heavy atom. The van der Waals surface area contributed by atoms with E-state index in [1.165, 1.54) is 23.1 Å². The van der Waals surface area contributed by atoms with E-state index in [0.717, 1.165) is 20.8 Å². The third kappa shape index (κ3) is 2.16. The van der Waals surface area contributed by atoms with Gasteiger partial charge in [-0.05, 0) is 6.07 Å². The number of carbonyl (C=O) groups excluding carboxylic acids is 1. The number of aromatic nitrogens is 3. The molecule has 2 aromatic heterocycles. The number of ketones is 1. The van der Waals surface area contributed by atoms with Crippen molar-refractivity contribution in [2.75, 3.05) is 5.75 Å². The average molecular weight is 275 g/mol. The Hall–Kier alpha value is -1.66. The van der Waals surface area contributed by atoms with E-state index in [1.54, 1.807) is 11.7 Å². The van der Waals surface area contributed by atoms with E-state index in [9.17, 15) is 4.79 Å². The molecule has 4 nitrogen and oxygen atoms in total. The van der Waals surface area contributed by atoms with Gasteiger partial charge in [-0.3, -0.25) is 4.79 Å². The largest absolute Gasteiger partial charge is 0.360 e. The number of hydrogen-bond acceptors (Lipinski definition) is 5. The van der Waals surface area contributed by atoms with Crippen LogP contribution in [0.5, 0.6) is 0 Å². The molecule has 0 aliphatic heterocycles. The van der Waals surface area contributed by atoms with Crippen molar-refractivity contribution in [1.29, 1.82) is 0 Å². The second kappa shape index (κ2) is 4.91. The van der Waals surface area contributed by atoms with E-state index in [2.05, 4.69) is 15.2 Å². The van der Waals surface area contributed by atoms with Crippen molar-refractivity contribution < 1.29 is 4.79 Å². The van der Waals surface area contributed by atoms with Crippen LogP contribution in [0.3, 0.4) is 0 Å². The molecule has 0 aliphatic rings. The lowest BCUT2D eigenvalue weighted by molar-refractivity contribution is 0.102. The quantitative estimate of drug-likeness (QED) is 0.587. The SMILES string of the molecule is O=C(CSc1nncs1)c1c[nH]c2ccccc12. The van der Waals surface area contributed by atoms with Gasteiger partial charge in [0.15, 0.2) is 10.1 Å². The van der Waals surface area contributed by atoms with Gasteiger partial charge in [-0.1, -0.05) is 41.3 Å². The molecule has 18 heavy (non-hydrogen) atoms. The summed E-state index contributed by atoms with van der Waals surface area (Å²) in [6, 6.07) is 7.80. The monoisotopic (exact) mass is 275 g/mol. The molecule has 0 bridgehead atoms. The van der Waals surface area contributed by atoms with Crippen LogP contribution >= 0.6 is 23.1 Å². The van der Waals surface area contributed by atoms with Crippen molar-refractivity contribution in [3.63, 3.8) is 0 Å². The summed E-state index contributed by atoms with van der Waals surface area (Å²) in [7, 11) is 0. The van der Waals surface area contributed by atoms with E-state index >= 15 is 0 Å². The van der Waals surface area contributed by atoms with Crippen molar-refractivity contribution in [2.24, 2.45) is 0 Å². The van der Waals surface area contributed by atoms with Crippen LogP contribution in [0, 0.1) is 0 Å². The van der Waals surface area contributed by atoms with Gasteiger partial charge >= 0.3 is 0 Å². The van der Waals surface area contributed by atoms with E-state index in [1.807, 2.05) is 24.3 Å². The average Bonchev–Trinajstić information content (AvgIpc) is 3.05. The number of aromatic amines is 1. The van der Waals surface area contributed by atoms with Crippen molar-refractivity contribution in [2.45, 2.75) is 4.34 Å². The minimum absolute atomic E-state index is 0.104. The molecule has 1 N–H and O–H groups in total. The van der Waals surface area contributed by atoms with Crippen LogP contribution in [0.25, 0.3) is 10.9 Å². The second-order valence-electron chi connectivity index (χ2n) is 3.66. The third-order valence-electron chi connectivity index (χ3n) is 2.56. The first-order valence-electron chi connectivity index (χ1n) is 5.33. The van der Waals surface area contributed by atoms with Crippen molar-refractivity contribution in [3.05, 3.63) is 41.5 Å². The van der Waals surface area contributed by atoms with Gasteiger partial charge in [0.25, 0.3) is 0 Å². The van der Waals surface area contributed by atoms with Crippen LogP contribution in [0.2, 0.25) is 0 Å². The van der Waals surface area contributed by atoms with E-state index in [-0.39, 0.29) is 5.78 Å². The number of H-pyrrole nitrogens is 1. The Balaban J connectivity index is 1.80. The fraction of sp³-hybridized carbons (Fsp3) is 0.0833. The van der Waals surface area contributed by atoms with Gasteiger partial charge in [0.05, 0.1) is 5.75 Å². The van der Waals surface area contributed by atoms with Gasteiger partial charge in [-0.25, -0.2) is 0 Å². The van der Waals surface area contributed by atoms with Crippen LogP contribution in [0.4, 0.5) is 0 Å². The zero-order chi connectivity index (χ0) is 12.4. The van der Waals surface area contributed by atoms with Gasteiger partial charge in [0.2, 0.25) is 0 Å². The summed E-state index contributed by atoms with van der Waals surface area (Å²) < 4.78 is 0.822. The summed E-state index contributed by atoms with van der Waals surface area (Å²) in [5.41, 5.74) is 3.39. The maximum atomic E-state index is 12.1. The lowest BCUT2D eigenvalue weighted by atomic mass is 10.1. The zero-order valence-corrected chi connectivity index (χ0v) is 10.9. The first-order valence-corrected chi connectivity index (χ1v) is 7.19. The van der Waals surface area contributed by atoms with Crippen molar-refractivity contribution in [3.8, 4) is 0 Å². The van der Waals surface area contributed by atoms with Crippen LogP contribution in [0.15, 0.2) is 40.3 Å². The number of nitrogens with zero attached hydrogens (tertiary/aromatic N) is 2. The molecule has 0 radical (unpaired) electrons. The summed E-state index contributed by atoms with van der Waals surface area (Å²) in [4.78, 5) is 15.2. The lowest BCUT2D eigenvalue weighted by Gasteiger charge is -1.97. The molecule has 1 aromatic carbocycles. The fourth-order valence-electron chi connectivity index (χ4n) is 1.73. The number of nitrogens with one attached hydrogen (secondary N) is 1. The first kappa shape index (κ1) is 11.4. The topological polar surface area (TPSA) is 58.6 Å². The Morgan fingerprint density at radius 1 is 1.39 bits per heavy atom. The summed E-state index contributed by atoms with van der Waals surface area (Å²) >= 11 is 2.87. The summed E-state index contributed by atoms with van der Waals surface area (Å²) in [6.07, 6.45) is 1.77. The molecule has 3 rings (SSSR count). The molecule has 6 heteroatoms. The Labute approximate surface area is 111 Å². The van der Waals surface area contributed by atoms with Crippen LogP contribution in [0.1, 0.15) is 10.4 Å². The van der Waals surface area contributed by atoms with Gasteiger partial charge < -0.3 is 4.98 Å². The summed E-state index contributed by atoms with van der Waals surface area (Å²) in [6.45, 7) is 0.